The largest absolute Gasteiger partial charge is 0.394 e. The molecule has 0 saturated carbocycles. The second-order valence-electron chi connectivity index (χ2n) is 5.28. The summed E-state index contributed by atoms with van der Waals surface area (Å²) in [7, 11) is 0. The second-order valence-corrected chi connectivity index (χ2v) is 7.41. The molecule has 0 aliphatic heterocycles. The molecule has 0 bridgehead atoms. The van der Waals surface area contributed by atoms with Crippen molar-refractivity contribution in [1.82, 2.24) is 25.0 Å². The summed E-state index contributed by atoms with van der Waals surface area (Å²) >= 11 is 3.19. The fraction of sp³-hybridized carbons (Fsp3) is 0.375. The van der Waals surface area contributed by atoms with Gasteiger partial charge in [0.25, 0.3) is 0 Å². The van der Waals surface area contributed by atoms with Crippen LogP contribution >= 0.6 is 23.5 Å². The molecule has 2 aromatic heterocycles. The third-order valence-electron chi connectivity index (χ3n) is 3.29. The molecule has 6 nitrogen and oxygen atoms in total. The first kappa shape index (κ1) is 17.2. The second kappa shape index (κ2) is 7.96. The van der Waals surface area contributed by atoms with E-state index >= 15 is 0 Å². The van der Waals surface area contributed by atoms with Gasteiger partial charge in [0.05, 0.1) is 13.2 Å². The lowest BCUT2D eigenvalue weighted by molar-refractivity contribution is 0.270. The molecule has 3 aromatic rings. The molecule has 1 N–H and O–H groups in total. The topological polar surface area (TPSA) is 76.7 Å². The Morgan fingerprint density at radius 2 is 1.96 bits per heavy atom. The number of aliphatic hydroxyl groups excluding tert-OH is 1. The van der Waals surface area contributed by atoms with Gasteiger partial charge in [0.2, 0.25) is 0 Å². The predicted molar refractivity (Wildman–Crippen MR) is 96.5 cm³/mol. The summed E-state index contributed by atoms with van der Waals surface area (Å²) in [6.45, 7) is 4.57. The number of hydrogen-bond acceptors (Lipinski definition) is 7. The van der Waals surface area contributed by atoms with Gasteiger partial charge in [-0.3, -0.25) is 0 Å². The van der Waals surface area contributed by atoms with Crippen LogP contribution in [0.1, 0.15) is 18.9 Å². The summed E-state index contributed by atoms with van der Waals surface area (Å²) in [6, 6.07) is 8.31. The van der Waals surface area contributed by atoms with Crippen molar-refractivity contribution in [1.29, 1.82) is 0 Å². The lowest BCUT2D eigenvalue weighted by Crippen LogP contribution is -2.05. The number of rotatable bonds is 7. The summed E-state index contributed by atoms with van der Waals surface area (Å²) in [5, 5.41) is 19.0. The standard InChI is InChI=1S/C16H19N5OS2/c1-3-10-23-16-17-14-13(19-20-21(14)8-9-22)15(18-16)24-12-6-4-11(2)5-7-12/h4-7,22H,3,8-10H2,1-2H3. The summed E-state index contributed by atoms with van der Waals surface area (Å²) in [4.78, 5) is 10.3. The van der Waals surface area contributed by atoms with E-state index in [2.05, 4.69) is 58.4 Å². The van der Waals surface area contributed by atoms with Crippen molar-refractivity contribution in [3.63, 3.8) is 0 Å². The van der Waals surface area contributed by atoms with Gasteiger partial charge in [-0.05, 0) is 25.5 Å². The van der Waals surface area contributed by atoms with Gasteiger partial charge < -0.3 is 5.11 Å². The zero-order valence-electron chi connectivity index (χ0n) is 13.6. The molecule has 0 unspecified atom stereocenters. The van der Waals surface area contributed by atoms with Crippen molar-refractivity contribution in [2.45, 2.75) is 41.9 Å². The smallest absolute Gasteiger partial charge is 0.190 e. The molecule has 1 aromatic carbocycles. The predicted octanol–water partition coefficient (Wildman–Crippen LogP) is 3.18. The van der Waals surface area contributed by atoms with Crippen molar-refractivity contribution in [2.24, 2.45) is 0 Å². The van der Waals surface area contributed by atoms with E-state index in [4.69, 9.17) is 0 Å². The molecule has 2 heterocycles. The first-order valence-electron chi connectivity index (χ1n) is 7.80. The van der Waals surface area contributed by atoms with Crippen molar-refractivity contribution < 1.29 is 5.11 Å². The molecule has 0 radical (unpaired) electrons. The Balaban J connectivity index is 2.01. The van der Waals surface area contributed by atoms with E-state index in [1.165, 1.54) is 5.56 Å². The lowest BCUT2D eigenvalue weighted by Gasteiger charge is -2.06. The van der Waals surface area contributed by atoms with Crippen LogP contribution in [0.4, 0.5) is 0 Å². The van der Waals surface area contributed by atoms with E-state index in [0.717, 1.165) is 27.3 Å². The minimum Gasteiger partial charge on any atom is -0.394 e. The molecular weight excluding hydrogens is 342 g/mol. The van der Waals surface area contributed by atoms with E-state index in [1.807, 2.05) is 0 Å². The molecule has 0 aliphatic rings. The first-order chi connectivity index (χ1) is 11.7. The number of nitrogens with zero attached hydrogens (tertiary/aromatic N) is 5. The highest BCUT2D eigenvalue weighted by Gasteiger charge is 2.16. The van der Waals surface area contributed by atoms with E-state index in [9.17, 15) is 5.11 Å². The Morgan fingerprint density at radius 3 is 2.67 bits per heavy atom. The van der Waals surface area contributed by atoms with Gasteiger partial charge in [0.15, 0.2) is 16.3 Å². The Hall–Kier alpha value is -1.64. The molecule has 0 atom stereocenters. The Labute approximate surface area is 149 Å². The number of hydrogen-bond donors (Lipinski definition) is 1. The van der Waals surface area contributed by atoms with E-state index < -0.39 is 0 Å². The van der Waals surface area contributed by atoms with Crippen LogP contribution in [-0.4, -0.2) is 42.4 Å². The van der Waals surface area contributed by atoms with Crippen molar-refractivity contribution in [3.8, 4) is 0 Å². The number of aliphatic hydroxyl groups is 1. The number of aryl methyl sites for hydroxylation is 1. The third kappa shape index (κ3) is 3.88. The van der Waals surface area contributed by atoms with Gasteiger partial charge in [-0.15, -0.1) is 5.10 Å². The Kier molecular flexibility index (Phi) is 5.70. The van der Waals surface area contributed by atoms with Gasteiger partial charge in [-0.25, -0.2) is 14.6 Å². The molecule has 0 fully saturated rings. The highest BCUT2D eigenvalue weighted by Crippen LogP contribution is 2.32. The van der Waals surface area contributed by atoms with Gasteiger partial charge in [0.1, 0.15) is 5.03 Å². The molecule has 0 spiro atoms. The number of fused-ring (bicyclic) bond motifs is 1. The zero-order valence-corrected chi connectivity index (χ0v) is 15.3. The van der Waals surface area contributed by atoms with Crippen LogP contribution in [0.25, 0.3) is 11.2 Å². The van der Waals surface area contributed by atoms with Crippen LogP contribution in [0.2, 0.25) is 0 Å². The summed E-state index contributed by atoms with van der Waals surface area (Å²) in [5.74, 6) is 0.960. The highest BCUT2D eigenvalue weighted by molar-refractivity contribution is 8.00. The zero-order chi connectivity index (χ0) is 16.9. The molecule has 8 heteroatoms. The van der Waals surface area contributed by atoms with Crippen molar-refractivity contribution >= 4 is 34.7 Å². The van der Waals surface area contributed by atoms with Crippen molar-refractivity contribution in [2.75, 3.05) is 12.4 Å². The van der Waals surface area contributed by atoms with Crippen LogP contribution in [0.5, 0.6) is 0 Å². The van der Waals surface area contributed by atoms with Crippen LogP contribution in [0.15, 0.2) is 39.3 Å². The van der Waals surface area contributed by atoms with Gasteiger partial charge in [0, 0.05) is 10.6 Å². The Bertz CT molecular complexity index is 819. The highest BCUT2D eigenvalue weighted by atomic mass is 32.2. The number of thioether (sulfide) groups is 1. The maximum absolute atomic E-state index is 9.20. The third-order valence-corrected chi connectivity index (χ3v) is 5.33. The molecule has 24 heavy (non-hydrogen) atoms. The van der Waals surface area contributed by atoms with Gasteiger partial charge in [-0.1, -0.05) is 53.4 Å². The monoisotopic (exact) mass is 361 g/mol. The molecule has 0 amide bonds. The van der Waals surface area contributed by atoms with E-state index in [0.29, 0.717) is 17.7 Å². The van der Waals surface area contributed by atoms with E-state index in [-0.39, 0.29) is 6.61 Å². The molecule has 0 aliphatic carbocycles. The fourth-order valence-corrected chi connectivity index (χ4v) is 3.71. The molecule has 0 saturated heterocycles. The Morgan fingerprint density at radius 1 is 1.17 bits per heavy atom. The number of aromatic nitrogens is 5. The lowest BCUT2D eigenvalue weighted by atomic mass is 10.2. The quantitative estimate of drug-likeness (QED) is 0.393. The molecule has 3 rings (SSSR count). The van der Waals surface area contributed by atoms with Crippen LogP contribution in [-0.2, 0) is 6.54 Å². The average molecular weight is 361 g/mol. The van der Waals surface area contributed by atoms with Crippen molar-refractivity contribution in [3.05, 3.63) is 29.8 Å². The summed E-state index contributed by atoms with van der Waals surface area (Å²) < 4.78 is 1.63. The SMILES string of the molecule is CCCSc1nc(Sc2ccc(C)cc2)c2nnn(CCO)c2n1. The number of benzene rings is 1. The fourth-order valence-electron chi connectivity index (χ4n) is 2.10. The van der Waals surface area contributed by atoms with Crippen LogP contribution < -0.4 is 0 Å². The van der Waals surface area contributed by atoms with Gasteiger partial charge in [-0.2, -0.15) is 0 Å². The van der Waals surface area contributed by atoms with E-state index in [1.54, 1.807) is 28.2 Å². The van der Waals surface area contributed by atoms with Gasteiger partial charge >= 0.3 is 0 Å². The average Bonchev–Trinajstić information content (AvgIpc) is 2.99. The minimum atomic E-state index is 0.000335. The first-order valence-corrected chi connectivity index (χ1v) is 9.61. The molecule has 126 valence electrons. The normalized spacial score (nSPS) is 11.3. The minimum absolute atomic E-state index is 0.000335. The van der Waals surface area contributed by atoms with Crippen LogP contribution in [0, 0.1) is 6.92 Å². The molecular formula is C16H19N5OS2. The summed E-state index contributed by atoms with van der Waals surface area (Å²) in [6.07, 6.45) is 1.06. The maximum Gasteiger partial charge on any atom is 0.190 e. The maximum atomic E-state index is 9.20. The van der Waals surface area contributed by atoms with Crippen LogP contribution in [0.3, 0.4) is 0 Å². The summed E-state index contributed by atoms with van der Waals surface area (Å²) in [5.41, 5.74) is 2.57.